The van der Waals surface area contributed by atoms with Gasteiger partial charge in [-0.2, -0.15) is 5.11 Å². The van der Waals surface area contributed by atoms with E-state index in [9.17, 15) is 10.1 Å². The van der Waals surface area contributed by atoms with Crippen LogP contribution in [-0.2, 0) is 0 Å². The van der Waals surface area contributed by atoms with Gasteiger partial charge in [0.2, 0.25) is 0 Å². The molecule has 0 fully saturated rings. The highest BCUT2D eigenvalue weighted by Gasteiger charge is 2.10. The van der Waals surface area contributed by atoms with Gasteiger partial charge in [-0.05, 0) is 6.07 Å². The molecule has 5 nitrogen and oxygen atoms in total. The van der Waals surface area contributed by atoms with Crippen LogP contribution in [0, 0.1) is 15.6 Å². The van der Waals surface area contributed by atoms with E-state index in [1.165, 1.54) is 18.2 Å². The van der Waals surface area contributed by atoms with E-state index in [0.29, 0.717) is 0 Å². The quantitative estimate of drug-likeness (QED) is 0.399. The number of para-hydroxylation sites is 2. The maximum absolute atomic E-state index is 10.2. The summed E-state index contributed by atoms with van der Waals surface area (Å²) < 4.78 is 0. The molecule has 56 valence electrons. The van der Waals surface area contributed by atoms with Gasteiger partial charge in [0.15, 0.2) is 5.69 Å². The summed E-state index contributed by atoms with van der Waals surface area (Å²) in [5, 5.41) is 13.2. The highest BCUT2D eigenvalue weighted by Crippen LogP contribution is 2.25. The Morgan fingerprint density at radius 2 is 2.09 bits per heavy atom. The van der Waals surface area contributed by atoms with E-state index in [2.05, 4.69) is 5.11 Å². The van der Waals surface area contributed by atoms with Gasteiger partial charge < -0.3 is 0 Å². The average Bonchev–Trinajstić information content (AvgIpc) is 2.04. The first-order chi connectivity index (χ1) is 5.25. The molecular weight excluding hydrogens is 146 g/mol. The van der Waals surface area contributed by atoms with Crippen LogP contribution < -0.4 is 0 Å². The Labute approximate surface area is 62.3 Å². The van der Waals surface area contributed by atoms with Crippen LogP contribution in [0.5, 0.6) is 0 Å². The van der Waals surface area contributed by atoms with Crippen molar-refractivity contribution in [3.8, 4) is 0 Å². The molecule has 0 spiro atoms. The fraction of sp³-hybridized carbons (Fsp3) is 0. The van der Waals surface area contributed by atoms with E-state index in [-0.39, 0.29) is 11.4 Å². The zero-order valence-electron chi connectivity index (χ0n) is 5.52. The highest BCUT2D eigenvalue weighted by molar-refractivity contribution is 5.55. The van der Waals surface area contributed by atoms with Crippen molar-refractivity contribution >= 4 is 11.4 Å². The first-order valence-electron chi connectivity index (χ1n) is 2.86. The van der Waals surface area contributed by atoms with Crippen LogP contribution in [0.1, 0.15) is 0 Å². The summed E-state index contributed by atoms with van der Waals surface area (Å²) in [5.41, 5.74) is 6.54. The van der Waals surface area contributed by atoms with E-state index in [4.69, 9.17) is 5.53 Å². The van der Waals surface area contributed by atoms with Crippen molar-refractivity contribution in [3.05, 3.63) is 34.4 Å². The zero-order chi connectivity index (χ0) is 8.27. The molecule has 0 aliphatic heterocycles. The summed E-state index contributed by atoms with van der Waals surface area (Å²) in [7, 11) is 0. The van der Waals surface area contributed by atoms with Crippen molar-refractivity contribution in [1.82, 2.24) is 0 Å². The lowest BCUT2D eigenvalue weighted by Gasteiger charge is -1.92. The molecule has 0 atom stereocenters. The second kappa shape index (κ2) is 2.87. The standard InChI is InChI=1S/C6H5N3O2/c7-8-5-3-1-2-4-6(5)9(10)11/h1-4,7H. The number of nitro benzene ring substituents is 1. The second-order valence-electron chi connectivity index (χ2n) is 1.86. The Hall–Kier alpha value is -1.78. The van der Waals surface area contributed by atoms with Gasteiger partial charge in [-0.15, -0.1) is 0 Å². The highest BCUT2D eigenvalue weighted by atomic mass is 16.6. The van der Waals surface area contributed by atoms with E-state index in [1.54, 1.807) is 6.07 Å². The van der Waals surface area contributed by atoms with Crippen molar-refractivity contribution in [3.63, 3.8) is 0 Å². The summed E-state index contributed by atoms with van der Waals surface area (Å²) in [5.74, 6) is 0. The fourth-order valence-electron chi connectivity index (χ4n) is 0.713. The van der Waals surface area contributed by atoms with Gasteiger partial charge in [0.1, 0.15) is 0 Å². The van der Waals surface area contributed by atoms with Gasteiger partial charge in [0.25, 0.3) is 5.69 Å². The molecule has 0 aliphatic rings. The van der Waals surface area contributed by atoms with Crippen molar-refractivity contribution in [2.75, 3.05) is 0 Å². The van der Waals surface area contributed by atoms with Gasteiger partial charge in [0.05, 0.1) is 4.92 Å². The summed E-state index contributed by atoms with van der Waals surface area (Å²) in [6.07, 6.45) is 0. The molecule has 0 amide bonds. The van der Waals surface area contributed by atoms with E-state index in [0.717, 1.165) is 0 Å². The Morgan fingerprint density at radius 1 is 1.45 bits per heavy atom. The third-order valence-corrected chi connectivity index (χ3v) is 1.20. The van der Waals surface area contributed by atoms with Crippen LogP contribution in [0.15, 0.2) is 29.4 Å². The van der Waals surface area contributed by atoms with Gasteiger partial charge >= 0.3 is 0 Å². The summed E-state index contributed by atoms with van der Waals surface area (Å²) >= 11 is 0. The summed E-state index contributed by atoms with van der Waals surface area (Å²) in [4.78, 5) is 9.68. The molecule has 0 saturated carbocycles. The molecule has 0 aromatic heterocycles. The molecule has 0 radical (unpaired) electrons. The molecule has 0 saturated heterocycles. The molecular formula is C6H5N3O2. The average molecular weight is 151 g/mol. The van der Waals surface area contributed by atoms with Crippen LogP contribution in [0.3, 0.4) is 0 Å². The monoisotopic (exact) mass is 151 g/mol. The topological polar surface area (TPSA) is 79.3 Å². The number of hydrogen-bond acceptors (Lipinski definition) is 4. The Morgan fingerprint density at radius 3 is 2.55 bits per heavy atom. The molecule has 0 bridgehead atoms. The Bertz CT molecular complexity index is 298. The number of nitro groups is 1. The fourth-order valence-corrected chi connectivity index (χ4v) is 0.713. The van der Waals surface area contributed by atoms with E-state index >= 15 is 0 Å². The van der Waals surface area contributed by atoms with Gasteiger partial charge in [0, 0.05) is 6.07 Å². The second-order valence-corrected chi connectivity index (χ2v) is 1.86. The molecule has 0 heterocycles. The molecule has 1 aromatic carbocycles. The first-order valence-corrected chi connectivity index (χ1v) is 2.86. The third-order valence-electron chi connectivity index (χ3n) is 1.20. The number of benzene rings is 1. The van der Waals surface area contributed by atoms with Crippen LogP contribution in [0.2, 0.25) is 0 Å². The number of nitrogens with one attached hydrogen (secondary N) is 1. The zero-order valence-corrected chi connectivity index (χ0v) is 5.52. The molecule has 5 heteroatoms. The largest absolute Gasteiger partial charge is 0.296 e. The maximum atomic E-state index is 10.2. The van der Waals surface area contributed by atoms with E-state index in [1.807, 2.05) is 0 Å². The minimum absolute atomic E-state index is 0.0810. The molecule has 0 unspecified atom stereocenters. The minimum Gasteiger partial charge on any atom is -0.258 e. The van der Waals surface area contributed by atoms with Crippen LogP contribution >= 0.6 is 0 Å². The molecule has 1 aromatic rings. The normalized spacial score (nSPS) is 9.09. The van der Waals surface area contributed by atoms with Crippen LogP contribution in [0.4, 0.5) is 11.4 Å². The van der Waals surface area contributed by atoms with Crippen molar-refractivity contribution < 1.29 is 4.92 Å². The molecule has 1 rings (SSSR count). The SMILES string of the molecule is N=Nc1ccccc1[N+](=O)[O-]. The van der Waals surface area contributed by atoms with Crippen molar-refractivity contribution in [1.29, 1.82) is 5.53 Å². The Balaban J connectivity index is 3.22. The van der Waals surface area contributed by atoms with Gasteiger partial charge in [-0.3, -0.25) is 10.1 Å². The van der Waals surface area contributed by atoms with E-state index < -0.39 is 4.92 Å². The molecule has 11 heavy (non-hydrogen) atoms. The number of nitrogens with zero attached hydrogens (tertiary/aromatic N) is 2. The van der Waals surface area contributed by atoms with Gasteiger partial charge in [-0.25, -0.2) is 5.53 Å². The third kappa shape index (κ3) is 1.37. The molecule has 1 N–H and O–H groups in total. The van der Waals surface area contributed by atoms with Crippen molar-refractivity contribution in [2.24, 2.45) is 5.11 Å². The molecule has 0 aliphatic carbocycles. The first kappa shape index (κ1) is 7.33. The minimum atomic E-state index is -0.562. The predicted octanol–water partition coefficient (Wildman–Crippen LogP) is 2.26. The lowest BCUT2D eigenvalue weighted by atomic mass is 10.3. The smallest absolute Gasteiger partial charge is 0.258 e. The van der Waals surface area contributed by atoms with Gasteiger partial charge in [-0.1, -0.05) is 12.1 Å². The lowest BCUT2D eigenvalue weighted by molar-refractivity contribution is -0.384. The Kier molecular flexibility index (Phi) is 1.91. The van der Waals surface area contributed by atoms with Crippen LogP contribution in [-0.4, -0.2) is 4.92 Å². The number of hydrogen-bond donors (Lipinski definition) is 1. The van der Waals surface area contributed by atoms with Crippen LogP contribution in [0.25, 0.3) is 0 Å². The summed E-state index contributed by atoms with van der Waals surface area (Å²) in [6.45, 7) is 0. The summed E-state index contributed by atoms with van der Waals surface area (Å²) in [6, 6.07) is 5.87. The number of rotatable bonds is 2. The lowest BCUT2D eigenvalue weighted by Crippen LogP contribution is -1.86. The predicted molar refractivity (Wildman–Crippen MR) is 37.9 cm³/mol. The van der Waals surface area contributed by atoms with Crippen molar-refractivity contribution in [2.45, 2.75) is 0 Å². The maximum Gasteiger partial charge on any atom is 0.296 e.